The summed E-state index contributed by atoms with van der Waals surface area (Å²) in [4.78, 5) is 34.1. The Kier molecular flexibility index (Phi) is 5.38. The predicted octanol–water partition coefficient (Wildman–Crippen LogP) is 2.72. The molecule has 0 bridgehead atoms. The number of carboxylic acid groups (broad SMARTS) is 2. The lowest BCUT2D eigenvalue weighted by Crippen LogP contribution is -2.20. The SMILES string of the molecule is Cc1cc(C)cc(NC(=O)COc2cc(C(=O)O)cc(C(=O)O)c2)c1. The normalized spacial score (nSPS) is 10.2. The highest BCUT2D eigenvalue weighted by Crippen LogP contribution is 2.18. The molecule has 0 saturated heterocycles. The Balaban J connectivity index is 2.08. The second-order valence-electron chi connectivity index (χ2n) is 5.57. The van der Waals surface area contributed by atoms with Crippen LogP contribution in [0.5, 0.6) is 5.75 Å². The van der Waals surface area contributed by atoms with Crippen LogP contribution in [-0.4, -0.2) is 34.7 Å². The molecule has 2 aromatic carbocycles. The van der Waals surface area contributed by atoms with Gasteiger partial charge in [-0.05, 0) is 55.3 Å². The molecule has 2 rings (SSSR count). The Hall–Kier alpha value is -3.35. The molecule has 130 valence electrons. The third-order valence-corrected chi connectivity index (χ3v) is 3.28. The molecule has 0 fully saturated rings. The van der Waals surface area contributed by atoms with E-state index < -0.39 is 17.8 Å². The fourth-order valence-electron chi connectivity index (χ4n) is 2.32. The molecule has 0 heterocycles. The van der Waals surface area contributed by atoms with Crippen molar-refractivity contribution in [2.24, 2.45) is 0 Å². The molecule has 0 aromatic heterocycles. The Morgan fingerprint density at radius 3 is 1.88 bits per heavy atom. The summed E-state index contributed by atoms with van der Waals surface area (Å²) in [6, 6.07) is 8.93. The maximum Gasteiger partial charge on any atom is 0.335 e. The second kappa shape index (κ2) is 7.48. The highest BCUT2D eigenvalue weighted by molar-refractivity contribution is 5.95. The van der Waals surface area contributed by atoms with Crippen molar-refractivity contribution < 1.29 is 29.3 Å². The number of ether oxygens (including phenoxy) is 1. The fraction of sp³-hybridized carbons (Fsp3) is 0.167. The average molecular weight is 343 g/mol. The number of anilines is 1. The highest BCUT2D eigenvalue weighted by Gasteiger charge is 2.13. The van der Waals surface area contributed by atoms with E-state index in [9.17, 15) is 14.4 Å². The number of aryl methyl sites for hydroxylation is 2. The van der Waals surface area contributed by atoms with E-state index in [4.69, 9.17) is 14.9 Å². The van der Waals surface area contributed by atoms with Crippen molar-refractivity contribution in [3.05, 3.63) is 58.7 Å². The van der Waals surface area contributed by atoms with Gasteiger partial charge in [-0.2, -0.15) is 0 Å². The molecule has 0 unspecified atom stereocenters. The van der Waals surface area contributed by atoms with Crippen LogP contribution < -0.4 is 10.1 Å². The number of rotatable bonds is 6. The summed E-state index contributed by atoms with van der Waals surface area (Å²) in [5, 5.41) is 20.7. The summed E-state index contributed by atoms with van der Waals surface area (Å²) in [5.74, 6) is -3.02. The van der Waals surface area contributed by atoms with Crippen molar-refractivity contribution in [1.29, 1.82) is 0 Å². The molecule has 0 aliphatic carbocycles. The smallest absolute Gasteiger partial charge is 0.335 e. The van der Waals surface area contributed by atoms with Crippen LogP contribution in [0.1, 0.15) is 31.8 Å². The van der Waals surface area contributed by atoms with Gasteiger partial charge in [-0.1, -0.05) is 6.07 Å². The number of benzene rings is 2. The second-order valence-corrected chi connectivity index (χ2v) is 5.57. The Morgan fingerprint density at radius 2 is 1.40 bits per heavy atom. The molecule has 0 aliphatic heterocycles. The minimum absolute atomic E-state index is 0.00660. The van der Waals surface area contributed by atoms with Crippen LogP contribution in [0, 0.1) is 13.8 Å². The molecule has 0 spiro atoms. The van der Waals surface area contributed by atoms with Crippen LogP contribution in [-0.2, 0) is 4.79 Å². The van der Waals surface area contributed by atoms with E-state index in [2.05, 4.69) is 5.32 Å². The summed E-state index contributed by atoms with van der Waals surface area (Å²) in [5.41, 5.74) is 2.15. The lowest BCUT2D eigenvalue weighted by atomic mass is 10.1. The molecule has 3 N–H and O–H groups in total. The van der Waals surface area contributed by atoms with E-state index in [1.165, 1.54) is 12.1 Å². The van der Waals surface area contributed by atoms with E-state index in [1.807, 2.05) is 19.9 Å². The van der Waals surface area contributed by atoms with Crippen molar-refractivity contribution in [2.75, 3.05) is 11.9 Å². The molecule has 0 atom stereocenters. The van der Waals surface area contributed by atoms with Crippen LogP contribution >= 0.6 is 0 Å². The topological polar surface area (TPSA) is 113 Å². The number of carboxylic acids is 2. The number of aromatic carboxylic acids is 2. The van der Waals surface area contributed by atoms with Crippen LogP contribution in [0.2, 0.25) is 0 Å². The maximum absolute atomic E-state index is 12.0. The van der Waals surface area contributed by atoms with E-state index in [0.717, 1.165) is 17.2 Å². The van der Waals surface area contributed by atoms with Crippen molar-refractivity contribution in [1.82, 2.24) is 0 Å². The fourth-order valence-corrected chi connectivity index (χ4v) is 2.32. The summed E-state index contributed by atoms with van der Waals surface area (Å²) >= 11 is 0. The number of carbonyl (C=O) groups is 3. The predicted molar refractivity (Wildman–Crippen MR) is 90.4 cm³/mol. The molecular formula is C18H17NO6. The third kappa shape index (κ3) is 5.07. The molecule has 0 radical (unpaired) electrons. The van der Waals surface area contributed by atoms with Gasteiger partial charge in [0.2, 0.25) is 0 Å². The highest BCUT2D eigenvalue weighted by atomic mass is 16.5. The molecule has 0 saturated carbocycles. The molecular weight excluding hydrogens is 326 g/mol. The van der Waals surface area contributed by atoms with E-state index in [-0.39, 0.29) is 23.5 Å². The van der Waals surface area contributed by atoms with Gasteiger partial charge in [0.25, 0.3) is 5.91 Å². The Bertz CT molecular complexity index is 791. The van der Waals surface area contributed by atoms with E-state index in [0.29, 0.717) is 5.69 Å². The van der Waals surface area contributed by atoms with Gasteiger partial charge >= 0.3 is 11.9 Å². The molecule has 25 heavy (non-hydrogen) atoms. The third-order valence-electron chi connectivity index (χ3n) is 3.28. The number of hydrogen-bond acceptors (Lipinski definition) is 4. The lowest BCUT2D eigenvalue weighted by molar-refractivity contribution is -0.118. The van der Waals surface area contributed by atoms with Gasteiger partial charge in [-0.15, -0.1) is 0 Å². The van der Waals surface area contributed by atoms with Gasteiger partial charge in [0.1, 0.15) is 5.75 Å². The zero-order valence-corrected chi connectivity index (χ0v) is 13.7. The minimum atomic E-state index is -1.28. The van der Waals surface area contributed by atoms with E-state index in [1.54, 1.807) is 12.1 Å². The van der Waals surface area contributed by atoms with Crippen molar-refractivity contribution >= 4 is 23.5 Å². The van der Waals surface area contributed by atoms with Gasteiger partial charge in [0.05, 0.1) is 11.1 Å². The van der Waals surface area contributed by atoms with Crippen molar-refractivity contribution in [3.8, 4) is 5.75 Å². The van der Waals surface area contributed by atoms with Gasteiger partial charge in [0, 0.05) is 5.69 Å². The number of nitrogens with one attached hydrogen (secondary N) is 1. The summed E-state index contributed by atoms with van der Waals surface area (Å²) in [6.07, 6.45) is 0. The molecule has 7 heteroatoms. The molecule has 1 amide bonds. The van der Waals surface area contributed by atoms with Crippen LogP contribution in [0.3, 0.4) is 0 Å². The Labute approximate surface area is 143 Å². The first-order chi connectivity index (χ1) is 11.7. The first kappa shape index (κ1) is 18.0. The standard InChI is InChI=1S/C18H17NO6/c1-10-3-11(2)5-14(4-10)19-16(20)9-25-15-7-12(17(21)22)6-13(8-15)18(23)24/h3-8H,9H2,1-2H3,(H,19,20)(H,21,22)(H,23,24). The van der Waals surface area contributed by atoms with Gasteiger partial charge in [0.15, 0.2) is 6.61 Å². The lowest BCUT2D eigenvalue weighted by Gasteiger charge is -2.10. The van der Waals surface area contributed by atoms with Gasteiger partial charge in [-0.25, -0.2) is 9.59 Å². The number of carbonyl (C=O) groups excluding carboxylic acids is 1. The summed E-state index contributed by atoms with van der Waals surface area (Å²) in [6.45, 7) is 3.43. The molecule has 2 aromatic rings. The zero-order valence-electron chi connectivity index (χ0n) is 13.7. The van der Waals surface area contributed by atoms with Gasteiger partial charge < -0.3 is 20.3 Å². The largest absolute Gasteiger partial charge is 0.484 e. The van der Waals surface area contributed by atoms with E-state index >= 15 is 0 Å². The minimum Gasteiger partial charge on any atom is -0.484 e. The van der Waals surface area contributed by atoms with Gasteiger partial charge in [-0.3, -0.25) is 4.79 Å². The van der Waals surface area contributed by atoms with Crippen molar-refractivity contribution in [3.63, 3.8) is 0 Å². The van der Waals surface area contributed by atoms with Crippen molar-refractivity contribution in [2.45, 2.75) is 13.8 Å². The number of amides is 1. The summed E-state index contributed by atoms with van der Waals surface area (Å²) < 4.78 is 5.24. The molecule has 7 nitrogen and oxygen atoms in total. The maximum atomic E-state index is 12.0. The number of hydrogen-bond donors (Lipinski definition) is 3. The molecule has 0 aliphatic rings. The van der Waals surface area contributed by atoms with Crippen LogP contribution in [0.4, 0.5) is 5.69 Å². The monoisotopic (exact) mass is 343 g/mol. The Morgan fingerprint density at radius 1 is 0.880 bits per heavy atom. The van der Waals surface area contributed by atoms with Crippen LogP contribution in [0.15, 0.2) is 36.4 Å². The first-order valence-electron chi connectivity index (χ1n) is 7.37. The first-order valence-corrected chi connectivity index (χ1v) is 7.37. The summed E-state index contributed by atoms with van der Waals surface area (Å²) in [7, 11) is 0. The zero-order chi connectivity index (χ0) is 18.6. The average Bonchev–Trinajstić information content (AvgIpc) is 2.51. The van der Waals surface area contributed by atoms with Crippen LogP contribution in [0.25, 0.3) is 0 Å². The quantitative estimate of drug-likeness (QED) is 0.743.